The number of nitrogens with one attached hydrogen (secondary N) is 1. The van der Waals surface area contributed by atoms with Crippen LogP contribution in [0.3, 0.4) is 0 Å². The lowest BCUT2D eigenvalue weighted by atomic mass is 9.99. The molecule has 3 nitrogen and oxygen atoms in total. The molecule has 0 saturated carbocycles. The Morgan fingerprint density at radius 3 is 2.21 bits per heavy atom. The van der Waals surface area contributed by atoms with Crippen molar-refractivity contribution in [2.24, 2.45) is 11.8 Å². The van der Waals surface area contributed by atoms with Gasteiger partial charge in [-0.2, -0.15) is 0 Å². The average Bonchev–Trinajstić information content (AvgIpc) is 2.37. The minimum atomic E-state index is -3.40. The summed E-state index contributed by atoms with van der Waals surface area (Å²) >= 11 is 5.65. The number of hydrogen-bond donors (Lipinski definition) is 1. The molecule has 1 rings (SSSR count). The second-order valence-corrected chi connectivity index (χ2v) is 7.30. The van der Waals surface area contributed by atoms with E-state index in [1.807, 2.05) is 19.1 Å². The lowest BCUT2D eigenvalue weighted by molar-refractivity contribution is 0.414. The number of alkyl halides is 1. The minimum absolute atomic E-state index is 0.307. The Bertz CT molecular complexity index is 483. The molecule has 0 fully saturated rings. The van der Waals surface area contributed by atoms with Crippen molar-refractivity contribution < 1.29 is 8.42 Å². The van der Waals surface area contributed by atoms with Crippen molar-refractivity contribution in [2.75, 3.05) is 12.4 Å². The Morgan fingerprint density at radius 1 is 1.16 bits per heavy atom. The van der Waals surface area contributed by atoms with Crippen molar-refractivity contribution in [1.29, 1.82) is 0 Å². The van der Waals surface area contributed by atoms with Crippen LogP contribution in [0.2, 0.25) is 0 Å². The topological polar surface area (TPSA) is 46.2 Å². The molecule has 0 aliphatic rings. The first-order valence-electron chi connectivity index (χ1n) is 6.51. The molecule has 0 aliphatic carbocycles. The van der Waals surface area contributed by atoms with Gasteiger partial charge in [-0.1, -0.05) is 32.9 Å². The van der Waals surface area contributed by atoms with Crippen LogP contribution in [0.25, 0.3) is 0 Å². The van der Waals surface area contributed by atoms with Crippen LogP contribution in [0.1, 0.15) is 26.3 Å². The third kappa shape index (κ3) is 5.13. The number of halogens is 1. The van der Waals surface area contributed by atoms with E-state index in [1.165, 1.54) is 0 Å². The molecular formula is C14H22ClNO2S. The fourth-order valence-electron chi connectivity index (χ4n) is 1.50. The highest BCUT2D eigenvalue weighted by molar-refractivity contribution is 7.89. The van der Waals surface area contributed by atoms with E-state index >= 15 is 0 Å². The van der Waals surface area contributed by atoms with Crippen molar-refractivity contribution in [3.05, 3.63) is 29.8 Å². The second-order valence-electron chi connectivity index (χ2n) is 5.16. The van der Waals surface area contributed by atoms with Crippen LogP contribution in [0.5, 0.6) is 0 Å². The van der Waals surface area contributed by atoms with E-state index in [1.54, 1.807) is 12.1 Å². The van der Waals surface area contributed by atoms with Gasteiger partial charge in [-0.05, 0) is 36.0 Å². The molecule has 0 amide bonds. The monoisotopic (exact) mass is 303 g/mol. The fraction of sp³-hybridized carbons (Fsp3) is 0.571. The summed E-state index contributed by atoms with van der Waals surface area (Å²) < 4.78 is 26.8. The first-order chi connectivity index (χ1) is 8.86. The van der Waals surface area contributed by atoms with Crippen LogP contribution in [0.15, 0.2) is 29.2 Å². The predicted molar refractivity (Wildman–Crippen MR) is 80.1 cm³/mol. The fourth-order valence-corrected chi connectivity index (χ4v) is 2.87. The molecule has 0 spiro atoms. The van der Waals surface area contributed by atoms with Crippen molar-refractivity contribution >= 4 is 21.6 Å². The van der Waals surface area contributed by atoms with E-state index in [4.69, 9.17) is 11.6 Å². The molecule has 1 atom stereocenters. The Kier molecular flexibility index (Phi) is 6.30. The lowest BCUT2D eigenvalue weighted by Gasteiger charge is -2.16. The number of sulfonamides is 1. The average molecular weight is 304 g/mol. The van der Waals surface area contributed by atoms with Crippen molar-refractivity contribution in [1.82, 2.24) is 4.72 Å². The molecule has 0 aliphatic heterocycles. The molecule has 108 valence electrons. The summed E-state index contributed by atoms with van der Waals surface area (Å²) in [7, 11) is -3.40. The van der Waals surface area contributed by atoms with Crippen LogP contribution >= 0.6 is 11.6 Å². The summed E-state index contributed by atoms with van der Waals surface area (Å²) in [5, 5.41) is 0. The SMILES string of the molecule is CC(C)C(C)CNS(=O)(=O)c1ccc(CCCl)cc1. The van der Waals surface area contributed by atoms with Crippen molar-refractivity contribution in [3.8, 4) is 0 Å². The van der Waals surface area contributed by atoms with E-state index in [0.29, 0.717) is 29.2 Å². The third-order valence-corrected chi connectivity index (χ3v) is 4.98. The first-order valence-corrected chi connectivity index (χ1v) is 8.53. The predicted octanol–water partition coefficient (Wildman–Crippen LogP) is 3.04. The molecule has 5 heteroatoms. The van der Waals surface area contributed by atoms with Crippen molar-refractivity contribution in [3.63, 3.8) is 0 Å². The second kappa shape index (κ2) is 7.27. The normalized spacial score (nSPS) is 13.7. The van der Waals surface area contributed by atoms with E-state index < -0.39 is 10.0 Å². The van der Waals surface area contributed by atoms with Gasteiger partial charge in [0.1, 0.15) is 0 Å². The van der Waals surface area contributed by atoms with E-state index in [9.17, 15) is 8.42 Å². The maximum atomic E-state index is 12.1. The van der Waals surface area contributed by atoms with E-state index in [0.717, 1.165) is 12.0 Å². The van der Waals surface area contributed by atoms with Gasteiger partial charge >= 0.3 is 0 Å². The highest BCUT2D eigenvalue weighted by Crippen LogP contribution is 2.13. The molecule has 1 N–H and O–H groups in total. The molecule has 1 unspecified atom stereocenters. The number of aryl methyl sites for hydroxylation is 1. The number of benzene rings is 1. The van der Waals surface area contributed by atoms with Gasteiger partial charge in [0.2, 0.25) is 10.0 Å². The van der Waals surface area contributed by atoms with Crippen LogP contribution in [0.4, 0.5) is 0 Å². The first kappa shape index (κ1) is 16.5. The highest BCUT2D eigenvalue weighted by atomic mass is 35.5. The van der Waals surface area contributed by atoms with Gasteiger partial charge in [0.15, 0.2) is 0 Å². The van der Waals surface area contributed by atoms with Gasteiger partial charge in [-0.3, -0.25) is 0 Å². The Balaban J connectivity index is 2.71. The largest absolute Gasteiger partial charge is 0.240 e. The lowest BCUT2D eigenvalue weighted by Crippen LogP contribution is -2.30. The zero-order chi connectivity index (χ0) is 14.5. The number of hydrogen-bond acceptors (Lipinski definition) is 2. The van der Waals surface area contributed by atoms with Gasteiger partial charge in [0.25, 0.3) is 0 Å². The van der Waals surface area contributed by atoms with Gasteiger partial charge < -0.3 is 0 Å². The molecule has 1 aromatic rings. The van der Waals surface area contributed by atoms with Crippen LogP contribution < -0.4 is 4.72 Å². The molecule has 19 heavy (non-hydrogen) atoms. The van der Waals surface area contributed by atoms with Crippen LogP contribution in [0, 0.1) is 11.8 Å². The van der Waals surface area contributed by atoms with Crippen molar-refractivity contribution in [2.45, 2.75) is 32.1 Å². The Labute approximate surface area is 121 Å². The summed E-state index contributed by atoms with van der Waals surface area (Å²) in [4.78, 5) is 0.307. The van der Waals surface area contributed by atoms with Crippen LogP contribution in [-0.2, 0) is 16.4 Å². The smallest absolute Gasteiger partial charge is 0.211 e. The Morgan fingerprint density at radius 2 is 1.74 bits per heavy atom. The quantitative estimate of drug-likeness (QED) is 0.787. The summed E-state index contributed by atoms with van der Waals surface area (Å²) in [5.74, 6) is 1.30. The van der Waals surface area contributed by atoms with Gasteiger partial charge in [0, 0.05) is 12.4 Å². The zero-order valence-electron chi connectivity index (χ0n) is 11.7. The third-order valence-electron chi connectivity index (χ3n) is 3.35. The molecule has 1 aromatic carbocycles. The molecule has 0 radical (unpaired) electrons. The van der Waals surface area contributed by atoms with E-state index in [-0.39, 0.29) is 0 Å². The van der Waals surface area contributed by atoms with Gasteiger partial charge in [-0.15, -0.1) is 11.6 Å². The molecule has 0 bridgehead atoms. The van der Waals surface area contributed by atoms with E-state index in [2.05, 4.69) is 18.6 Å². The Hall–Kier alpha value is -0.580. The molecule has 0 saturated heterocycles. The number of rotatable bonds is 7. The summed E-state index contributed by atoms with van der Waals surface area (Å²) in [6, 6.07) is 6.88. The van der Waals surface area contributed by atoms with Gasteiger partial charge in [-0.25, -0.2) is 13.1 Å². The molecule has 0 heterocycles. The maximum Gasteiger partial charge on any atom is 0.240 e. The van der Waals surface area contributed by atoms with Gasteiger partial charge in [0.05, 0.1) is 4.90 Å². The zero-order valence-corrected chi connectivity index (χ0v) is 13.3. The summed E-state index contributed by atoms with van der Waals surface area (Å²) in [5.41, 5.74) is 1.05. The minimum Gasteiger partial charge on any atom is -0.211 e. The molecular weight excluding hydrogens is 282 g/mol. The standard InChI is InChI=1S/C14H22ClNO2S/c1-11(2)12(3)10-16-19(17,18)14-6-4-13(5-7-14)8-9-15/h4-7,11-12,16H,8-10H2,1-3H3. The summed E-state index contributed by atoms with van der Waals surface area (Å²) in [6.45, 7) is 6.67. The highest BCUT2D eigenvalue weighted by Gasteiger charge is 2.16. The summed E-state index contributed by atoms with van der Waals surface area (Å²) in [6.07, 6.45) is 0.750. The molecule has 0 aromatic heterocycles. The van der Waals surface area contributed by atoms with Crippen LogP contribution in [-0.4, -0.2) is 20.8 Å². The maximum absolute atomic E-state index is 12.1.